The number of pyridine rings is 1. The Hall–Kier alpha value is -2.53. The zero-order chi connectivity index (χ0) is 17.7. The minimum absolute atomic E-state index is 0.193. The first-order valence-electron chi connectivity index (χ1n) is 8.24. The molecule has 1 aromatic heterocycles. The Balaban J connectivity index is 1.90. The van der Waals surface area contributed by atoms with Crippen LogP contribution in [0.3, 0.4) is 0 Å². The van der Waals surface area contributed by atoms with E-state index in [0.717, 1.165) is 16.7 Å². The van der Waals surface area contributed by atoms with Crippen molar-refractivity contribution in [2.45, 2.75) is 26.4 Å². The van der Waals surface area contributed by atoms with Crippen molar-refractivity contribution in [2.75, 3.05) is 6.54 Å². The van der Waals surface area contributed by atoms with Crippen LogP contribution in [0.5, 0.6) is 5.75 Å². The average Bonchev–Trinajstić information content (AvgIpc) is 3.02. The number of hydrogen-bond donors (Lipinski definition) is 1. The van der Waals surface area contributed by atoms with Gasteiger partial charge in [-0.1, -0.05) is 6.07 Å². The smallest absolute Gasteiger partial charge is 0.166 e. The lowest BCUT2D eigenvalue weighted by Gasteiger charge is -2.11. The molecule has 2 N–H and O–H groups in total. The highest BCUT2D eigenvalue weighted by Crippen LogP contribution is 2.37. The van der Waals surface area contributed by atoms with E-state index in [2.05, 4.69) is 4.98 Å². The first-order chi connectivity index (χ1) is 12.0. The summed E-state index contributed by atoms with van der Waals surface area (Å²) in [6.45, 7) is 4.08. The largest absolute Gasteiger partial charge is 0.485 e. The van der Waals surface area contributed by atoms with E-state index in [1.54, 1.807) is 12.1 Å². The molecular weight excluding hydrogens is 322 g/mol. The van der Waals surface area contributed by atoms with Crippen molar-refractivity contribution in [3.05, 3.63) is 58.7 Å². The van der Waals surface area contributed by atoms with Gasteiger partial charge in [-0.3, -0.25) is 0 Å². The quantitative estimate of drug-likeness (QED) is 0.765. The highest BCUT2D eigenvalue weighted by Gasteiger charge is 2.26. The summed E-state index contributed by atoms with van der Waals surface area (Å²) in [5.41, 5.74) is 10.0. The van der Waals surface area contributed by atoms with Crippen molar-refractivity contribution in [3.63, 3.8) is 0 Å². The maximum atomic E-state index is 14.5. The molecule has 0 bridgehead atoms. The summed E-state index contributed by atoms with van der Waals surface area (Å²) in [5.74, 6) is -0.442. The van der Waals surface area contributed by atoms with E-state index >= 15 is 0 Å². The second kappa shape index (κ2) is 5.77. The summed E-state index contributed by atoms with van der Waals surface area (Å²) in [5, 5.41) is 0.481. The third-order valence-electron chi connectivity index (χ3n) is 4.71. The van der Waals surface area contributed by atoms with Crippen molar-refractivity contribution in [1.29, 1.82) is 0 Å². The molecule has 2 aromatic carbocycles. The van der Waals surface area contributed by atoms with Gasteiger partial charge in [0.2, 0.25) is 0 Å². The second-order valence-corrected chi connectivity index (χ2v) is 6.54. The molecular formula is C20H18F2N2O. The van der Waals surface area contributed by atoms with Crippen LogP contribution in [0.4, 0.5) is 8.78 Å². The summed E-state index contributed by atoms with van der Waals surface area (Å²) in [6, 6.07) is 8.23. The molecule has 1 unspecified atom stereocenters. The third-order valence-corrected chi connectivity index (χ3v) is 4.71. The number of aromatic nitrogens is 1. The number of benzene rings is 2. The Morgan fingerprint density at radius 2 is 1.92 bits per heavy atom. The van der Waals surface area contributed by atoms with Crippen LogP contribution in [0.2, 0.25) is 0 Å². The summed E-state index contributed by atoms with van der Waals surface area (Å²) in [6.07, 6.45) is 0.387. The molecule has 1 aliphatic rings. The Bertz CT molecular complexity index is 1000. The van der Waals surface area contributed by atoms with E-state index in [-0.39, 0.29) is 17.7 Å². The van der Waals surface area contributed by atoms with Gasteiger partial charge in [-0.25, -0.2) is 13.8 Å². The van der Waals surface area contributed by atoms with Gasteiger partial charge in [0, 0.05) is 29.5 Å². The molecule has 0 saturated carbocycles. The topological polar surface area (TPSA) is 48.1 Å². The van der Waals surface area contributed by atoms with E-state index in [0.29, 0.717) is 35.1 Å². The van der Waals surface area contributed by atoms with E-state index in [9.17, 15) is 8.78 Å². The van der Waals surface area contributed by atoms with Crippen molar-refractivity contribution in [3.8, 4) is 17.0 Å². The Labute approximate surface area is 144 Å². The molecule has 128 valence electrons. The molecule has 0 amide bonds. The number of fused-ring (bicyclic) bond motifs is 2. The zero-order valence-corrected chi connectivity index (χ0v) is 14.1. The minimum atomic E-state index is -0.416. The van der Waals surface area contributed by atoms with Crippen molar-refractivity contribution in [1.82, 2.24) is 4.98 Å². The van der Waals surface area contributed by atoms with Gasteiger partial charge in [0.1, 0.15) is 11.9 Å². The van der Waals surface area contributed by atoms with E-state index < -0.39 is 5.82 Å². The van der Waals surface area contributed by atoms with Gasteiger partial charge in [0.15, 0.2) is 11.6 Å². The lowest BCUT2D eigenvalue weighted by molar-refractivity contribution is 0.232. The van der Waals surface area contributed by atoms with Crippen LogP contribution in [0.15, 0.2) is 30.3 Å². The molecule has 25 heavy (non-hydrogen) atoms. The van der Waals surface area contributed by atoms with Crippen molar-refractivity contribution in [2.24, 2.45) is 5.73 Å². The Morgan fingerprint density at radius 1 is 1.12 bits per heavy atom. The second-order valence-electron chi connectivity index (χ2n) is 6.54. The minimum Gasteiger partial charge on any atom is -0.485 e. The molecule has 3 nitrogen and oxygen atoms in total. The molecule has 5 heteroatoms. The van der Waals surface area contributed by atoms with Crippen molar-refractivity contribution < 1.29 is 13.5 Å². The van der Waals surface area contributed by atoms with E-state index in [4.69, 9.17) is 10.5 Å². The maximum absolute atomic E-state index is 14.5. The lowest BCUT2D eigenvalue weighted by atomic mass is 9.99. The van der Waals surface area contributed by atoms with Gasteiger partial charge in [0.25, 0.3) is 0 Å². The number of hydrogen-bond acceptors (Lipinski definition) is 3. The van der Waals surface area contributed by atoms with Gasteiger partial charge >= 0.3 is 0 Å². The van der Waals surface area contributed by atoms with Crippen LogP contribution < -0.4 is 10.5 Å². The monoisotopic (exact) mass is 340 g/mol. The van der Waals surface area contributed by atoms with Gasteiger partial charge in [-0.05, 0) is 49.2 Å². The average molecular weight is 340 g/mol. The van der Waals surface area contributed by atoms with Crippen LogP contribution in [-0.2, 0) is 6.42 Å². The zero-order valence-electron chi connectivity index (χ0n) is 14.1. The molecule has 0 spiro atoms. The fraction of sp³-hybridized carbons (Fsp3) is 0.250. The Morgan fingerprint density at radius 3 is 2.68 bits per heavy atom. The summed E-state index contributed by atoms with van der Waals surface area (Å²) in [7, 11) is 0. The predicted molar refractivity (Wildman–Crippen MR) is 93.7 cm³/mol. The van der Waals surface area contributed by atoms with E-state index in [1.807, 2.05) is 19.9 Å². The summed E-state index contributed by atoms with van der Waals surface area (Å²) >= 11 is 0. The normalized spacial score (nSPS) is 16.1. The molecule has 1 aliphatic heterocycles. The van der Waals surface area contributed by atoms with Gasteiger partial charge < -0.3 is 10.5 Å². The van der Waals surface area contributed by atoms with Gasteiger partial charge in [-0.15, -0.1) is 0 Å². The van der Waals surface area contributed by atoms with Gasteiger partial charge in [-0.2, -0.15) is 0 Å². The summed E-state index contributed by atoms with van der Waals surface area (Å²) in [4.78, 5) is 4.64. The van der Waals surface area contributed by atoms with E-state index in [1.165, 1.54) is 12.1 Å². The molecule has 1 atom stereocenters. The molecule has 0 fully saturated rings. The number of rotatable bonds is 2. The number of nitrogens with zero attached hydrogens (tertiary/aromatic N) is 1. The fourth-order valence-electron chi connectivity index (χ4n) is 3.41. The van der Waals surface area contributed by atoms with Crippen LogP contribution in [0.1, 0.15) is 16.7 Å². The molecule has 3 aromatic rings. The molecule has 0 saturated heterocycles. The number of nitrogens with two attached hydrogens (primary N) is 1. The van der Waals surface area contributed by atoms with Crippen LogP contribution in [0.25, 0.3) is 22.2 Å². The highest BCUT2D eigenvalue weighted by molar-refractivity contribution is 5.86. The Kier molecular flexibility index (Phi) is 3.69. The fourth-order valence-corrected chi connectivity index (χ4v) is 3.41. The molecule has 4 rings (SSSR count). The number of ether oxygens (including phenoxy) is 1. The van der Waals surface area contributed by atoms with Crippen LogP contribution in [-0.4, -0.2) is 17.6 Å². The number of halogens is 2. The number of aryl methyl sites for hydroxylation is 2. The van der Waals surface area contributed by atoms with Crippen LogP contribution >= 0.6 is 0 Å². The third kappa shape index (κ3) is 2.55. The first-order valence-corrected chi connectivity index (χ1v) is 8.24. The molecule has 2 heterocycles. The predicted octanol–water partition coefficient (Wildman–Crippen LogP) is 4.06. The molecule has 0 aliphatic carbocycles. The molecule has 0 radical (unpaired) electrons. The summed E-state index contributed by atoms with van der Waals surface area (Å²) < 4.78 is 34.1. The first kappa shape index (κ1) is 16.0. The standard InChI is InChI=1S/C20H18F2N2O/c1-10-3-4-16(21)15-5-11(2)18(24-19(10)15)12-6-13-7-14(9-23)25-20(13)17(22)8-12/h3-6,8,14H,7,9,23H2,1-2H3. The van der Waals surface area contributed by atoms with Crippen molar-refractivity contribution >= 4 is 10.9 Å². The van der Waals surface area contributed by atoms with Gasteiger partial charge in [0.05, 0.1) is 11.2 Å². The lowest BCUT2D eigenvalue weighted by Crippen LogP contribution is -2.24. The SMILES string of the molecule is Cc1cc2c(F)ccc(C)c2nc1-c1cc(F)c2c(c1)CC(CN)O2. The van der Waals surface area contributed by atoms with Crippen LogP contribution in [0, 0.1) is 25.5 Å². The maximum Gasteiger partial charge on any atom is 0.166 e. The highest BCUT2D eigenvalue weighted by atomic mass is 19.1.